The zero-order valence-electron chi connectivity index (χ0n) is 10.3. The molecule has 0 bridgehead atoms. The number of carbonyl (C=O) groups excluding carboxylic acids is 1. The summed E-state index contributed by atoms with van der Waals surface area (Å²) in [5.74, 6) is 0.410. The summed E-state index contributed by atoms with van der Waals surface area (Å²) in [4.78, 5) is 14.2. The molecule has 1 amide bonds. The fraction of sp³-hybridized carbons (Fsp3) is 0.917. The van der Waals surface area contributed by atoms with E-state index in [1.54, 1.807) is 0 Å². The predicted molar refractivity (Wildman–Crippen MR) is 64.0 cm³/mol. The lowest BCUT2D eigenvalue weighted by molar-refractivity contribution is -0.126. The van der Waals surface area contributed by atoms with Crippen LogP contribution in [0.25, 0.3) is 0 Å². The number of nitrogens with zero attached hydrogens (tertiary/aromatic N) is 1. The minimum Gasteiger partial charge on any atom is -0.353 e. The molecule has 2 fully saturated rings. The highest BCUT2D eigenvalue weighted by Gasteiger charge is 2.43. The van der Waals surface area contributed by atoms with E-state index >= 15 is 0 Å². The Labute approximate surface area is 97.6 Å². The Balaban J connectivity index is 1.66. The van der Waals surface area contributed by atoms with Gasteiger partial charge in [-0.05, 0) is 45.6 Å². The minimum absolute atomic E-state index is 0.0131. The number of nitrogens with one attached hydrogen (secondary N) is 1. The van der Waals surface area contributed by atoms with Crippen LogP contribution in [0.5, 0.6) is 0 Å². The first-order valence-electron chi connectivity index (χ1n) is 6.29. The van der Waals surface area contributed by atoms with Crippen molar-refractivity contribution in [2.75, 3.05) is 20.1 Å². The molecular weight excluding hydrogens is 202 g/mol. The molecular formula is C12H23N3O. The quantitative estimate of drug-likeness (QED) is 0.684. The number of hydrogen-bond acceptors (Lipinski definition) is 3. The van der Waals surface area contributed by atoms with Crippen molar-refractivity contribution in [3.05, 3.63) is 0 Å². The average molecular weight is 225 g/mol. The molecule has 0 radical (unpaired) electrons. The SMILES string of the molecule is CN(CCNC(=O)C(C)(N)C1CC1)C1CC1. The van der Waals surface area contributed by atoms with E-state index in [1.807, 2.05) is 6.92 Å². The fourth-order valence-electron chi connectivity index (χ4n) is 2.10. The molecule has 4 heteroatoms. The first-order chi connectivity index (χ1) is 7.51. The van der Waals surface area contributed by atoms with Crippen LogP contribution in [0, 0.1) is 5.92 Å². The van der Waals surface area contributed by atoms with Crippen molar-refractivity contribution in [1.82, 2.24) is 10.2 Å². The standard InChI is InChI=1S/C12H23N3O/c1-12(13,9-3-4-9)11(16)14-7-8-15(2)10-5-6-10/h9-10H,3-8,13H2,1-2H3,(H,14,16). The fourth-order valence-corrected chi connectivity index (χ4v) is 2.10. The summed E-state index contributed by atoms with van der Waals surface area (Å²) in [6.45, 7) is 3.49. The second-order valence-electron chi connectivity index (χ2n) is 5.52. The Kier molecular flexibility index (Phi) is 3.22. The van der Waals surface area contributed by atoms with Gasteiger partial charge in [-0.1, -0.05) is 0 Å². The summed E-state index contributed by atoms with van der Waals surface area (Å²) in [5, 5.41) is 2.95. The van der Waals surface area contributed by atoms with Crippen LogP contribution in [-0.2, 0) is 4.79 Å². The van der Waals surface area contributed by atoms with Gasteiger partial charge < -0.3 is 16.0 Å². The maximum Gasteiger partial charge on any atom is 0.240 e. The lowest BCUT2D eigenvalue weighted by atomic mass is 9.96. The second-order valence-corrected chi connectivity index (χ2v) is 5.52. The van der Waals surface area contributed by atoms with E-state index in [4.69, 9.17) is 5.73 Å². The summed E-state index contributed by atoms with van der Waals surface area (Å²) >= 11 is 0. The maximum atomic E-state index is 11.9. The van der Waals surface area contributed by atoms with Crippen LogP contribution in [0.4, 0.5) is 0 Å². The molecule has 2 aliphatic rings. The topological polar surface area (TPSA) is 58.4 Å². The van der Waals surface area contributed by atoms with Crippen LogP contribution in [0.2, 0.25) is 0 Å². The number of carbonyl (C=O) groups is 1. The van der Waals surface area contributed by atoms with Crippen LogP contribution in [0.15, 0.2) is 0 Å². The third-order valence-corrected chi connectivity index (χ3v) is 3.83. The van der Waals surface area contributed by atoms with Gasteiger partial charge in [0.05, 0.1) is 5.54 Å². The van der Waals surface area contributed by atoms with Crippen molar-refractivity contribution < 1.29 is 4.79 Å². The molecule has 2 saturated carbocycles. The molecule has 2 rings (SSSR count). The summed E-state index contributed by atoms with van der Waals surface area (Å²) in [6.07, 6.45) is 4.81. The van der Waals surface area contributed by atoms with Gasteiger partial charge >= 0.3 is 0 Å². The number of rotatable bonds is 6. The molecule has 0 aromatic rings. The largest absolute Gasteiger partial charge is 0.353 e. The summed E-state index contributed by atoms with van der Waals surface area (Å²) in [5.41, 5.74) is 5.37. The van der Waals surface area contributed by atoms with Gasteiger partial charge in [0.25, 0.3) is 0 Å². The van der Waals surface area contributed by atoms with Gasteiger partial charge in [0.1, 0.15) is 0 Å². The third-order valence-electron chi connectivity index (χ3n) is 3.83. The van der Waals surface area contributed by atoms with Gasteiger partial charge in [0.2, 0.25) is 5.91 Å². The van der Waals surface area contributed by atoms with Gasteiger partial charge in [-0.3, -0.25) is 4.79 Å². The predicted octanol–water partition coefficient (Wildman–Crippen LogP) is 0.324. The number of amides is 1. The van der Waals surface area contributed by atoms with Crippen LogP contribution in [-0.4, -0.2) is 42.5 Å². The van der Waals surface area contributed by atoms with Crippen molar-refractivity contribution in [2.24, 2.45) is 11.7 Å². The van der Waals surface area contributed by atoms with E-state index < -0.39 is 5.54 Å². The first kappa shape index (κ1) is 11.9. The van der Waals surface area contributed by atoms with Crippen molar-refractivity contribution in [2.45, 2.75) is 44.2 Å². The van der Waals surface area contributed by atoms with Crippen LogP contribution in [0.1, 0.15) is 32.6 Å². The Morgan fingerprint density at radius 2 is 2.06 bits per heavy atom. The Hall–Kier alpha value is -0.610. The first-order valence-corrected chi connectivity index (χ1v) is 6.29. The molecule has 1 atom stereocenters. The normalized spacial score (nSPS) is 24.2. The summed E-state index contributed by atoms with van der Waals surface area (Å²) in [7, 11) is 2.12. The van der Waals surface area contributed by atoms with E-state index in [2.05, 4.69) is 17.3 Å². The second kappa shape index (κ2) is 4.34. The van der Waals surface area contributed by atoms with Crippen molar-refractivity contribution in [3.63, 3.8) is 0 Å². The van der Waals surface area contributed by atoms with E-state index in [-0.39, 0.29) is 5.91 Å². The molecule has 16 heavy (non-hydrogen) atoms. The molecule has 3 N–H and O–H groups in total. The molecule has 0 aromatic carbocycles. The molecule has 1 unspecified atom stereocenters. The zero-order chi connectivity index (χ0) is 11.8. The molecule has 2 aliphatic carbocycles. The van der Waals surface area contributed by atoms with Gasteiger partial charge in [-0.25, -0.2) is 0 Å². The zero-order valence-corrected chi connectivity index (χ0v) is 10.3. The molecule has 0 heterocycles. The van der Waals surface area contributed by atoms with Gasteiger partial charge in [0, 0.05) is 19.1 Å². The third kappa shape index (κ3) is 2.74. The van der Waals surface area contributed by atoms with Crippen molar-refractivity contribution >= 4 is 5.91 Å². The molecule has 0 spiro atoms. The molecule has 92 valence electrons. The summed E-state index contributed by atoms with van der Waals surface area (Å²) in [6, 6.07) is 0.754. The van der Waals surface area contributed by atoms with E-state index in [1.165, 1.54) is 12.8 Å². The number of nitrogens with two attached hydrogens (primary N) is 1. The molecule has 0 aliphatic heterocycles. The summed E-state index contributed by atoms with van der Waals surface area (Å²) < 4.78 is 0. The average Bonchev–Trinajstić information content (AvgIpc) is 3.04. The number of likely N-dealkylation sites (N-methyl/N-ethyl adjacent to an activating group) is 1. The van der Waals surface area contributed by atoms with Crippen molar-refractivity contribution in [3.8, 4) is 0 Å². The Morgan fingerprint density at radius 1 is 1.44 bits per heavy atom. The van der Waals surface area contributed by atoms with E-state index in [0.29, 0.717) is 12.5 Å². The van der Waals surface area contributed by atoms with E-state index in [0.717, 1.165) is 25.4 Å². The monoisotopic (exact) mass is 225 g/mol. The lowest BCUT2D eigenvalue weighted by Crippen LogP contribution is -2.54. The maximum absolute atomic E-state index is 11.9. The highest BCUT2D eigenvalue weighted by molar-refractivity contribution is 5.86. The highest BCUT2D eigenvalue weighted by Crippen LogP contribution is 2.38. The Bertz CT molecular complexity index is 269. The molecule has 0 saturated heterocycles. The van der Waals surface area contributed by atoms with Gasteiger partial charge in [-0.2, -0.15) is 0 Å². The van der Waals surface area contributed by atoms with Crippen LogP contribution in [0.3, 0.4) is 0 Å². The smallest absolute Gasteiger partial charge is 0.240 e. The van der Waals surface area contributed by atoms with E-state index in [9.17, 15) is 4.79 Å². The van der Waals surface area contributed by atoms with Gasteiger partial charge in [0.15, 0.2) is 0 Å². The molecule has 0 aromatic heterocycles. The van der Waals surface area contributed by atoms with Crippen LogP contribution < -0.4 is 11.1 Å². The highest BCUT2D eigenvalue weighted by atomic mass is 16.2. The lowest BCUT2D eigenvalue weighted by Gasteiger charge is -2.24. The molecule has 4 nitrogen and oxygen atoms in total. The van der Waals surface area contributed by atoms with Gasteiger partial charge in [-0.15, -0.1) is 0 Å². The number of hydrogen-bond donors (Lipinski definition) is 2. The van der Waals surface area contributed by atoms with Crippen LogP contribution >= 0.6 is 0 Å². The minimum atomic E-state index is -0.655. The Morgan fingerprint density at radius 3 is 2.56 bits per heavy atom. The van der Waals surface area contributed by atoms with Crippen molar-refractivity contribution in [1.29, 1.82) is 0 Å².